The summed E-state index contributed by atoms with van der Waals surface area (Å²) in [6, 6.07) is 8.01. The van der Waals surface area contributed by atoms with Crippen molar-refractivity contribution in [3.8, 4) is 0 Å². The number of alkyl carbamates (subject to hydrolysis) is 1. The highest BCUT2D eigenvalue weighted by molar-refractivity contribution is 5.94. The van der Waals surface area contributed by atoms with Gasteiger partial charge in [-0.05, 0) is 18.6 Å². The minimum atomic E-state index is -1.09. The summed E-state index contributed by atoms with van der Waals surface area (Å²) in [7, 11) is 0. The van der Waals surface area contributed by atoms with Gasteiger partial charge in [-0.1, -0.05) is 36.9 Å². The van der Waals surface area contributed by atoms with Gasteiger partial charge in [0.2, 0.25) is 0 Å². The lowest BCUT2D eigenvalue weighted by molar-refractivity contribution is -0.146. The summed E-state index contributed by atoms with van der Waals surface area (Å²) >= 11 is 0. The van der Waals surface area contributed by atoms with E-state index in [2.05, 4.69) is 11.9 Å². The average molecular weight is 305 g/mol. The van der Waals surface area contributed by atoms with Gasteiger partial charge < -0.3 is 14.8 Å². The number of carbonyl (C=O) groups excluding carboxylic acids is 3. The lowest BCUT2D eigenvalue weighted by Crippen LogP contribution is -2.43. The van der Waals surface area contributed by atoms with Crippen LogP contribution in [0.2, 0.25) is 0 Å². The number of amides is 1. The third-order valence-corrected chi connectivity index (χ3v) is 2.71. The second-order valence-corrected chi connectivity index (χ2v) is 4.39. The Kier molecular flexibility index (Phi) is 7.39. The summed E-state index contributed by atoms with van der Waals surface area (Å²) in [5.41, 5.74) is 0.813. The number of ether oxygens (including phenoxy) is 2. The molecule has 0 radical (unpaired) electrons. The maximum absolute atomic E-state index is 11.7. The van der Waals surface area contributed by atoms with E-state index in [9.17, 15) is 14.4 Å². The number of ketones is 1. The summed E-state index contributed by atoms with van der Waals surface area (Å²) in [4.78, 5) is 34.8. The van der Waals surface area contributed by atoms with Crippen molar-refractivity contribution in [2.24, 2.45) is 0 Å². The van der Waals surface area contributed by atoms with Crippen molar-refractivity contribution < 1.29 is 23.9 Å². The van der Waals surface area contributed by atoms with Crippen molar-refractivity contribution in [3.63, 3.8) is 0 Å². The number of hydrogen-bond donors (Lipinski definition) is 1. The first-order valence-electron chi connectivity index (χ1n) is 6.86. The molecule has 0 saturated carbocycles. The lowest BCUT2D eigenvalue weighted by atomic mass is 10.1. The van der Waals surface area contributed by atoms with Crippen LogP contribution in [0.15, 0.2) is 43.0 Å². The molecule has 22 heavy (non-hydrogen) atoms. The van der Waals surface area contributed by atoms with Crippen molar-refractivity contribution in [2.45, 2.75) is 26.0 Å². The van der Waals surface area contributed by atoms with Gasteiger partial charge in [-0.25, -0.2) is 9.59 Å². The van der Waals surface area contributed by atoms with E-state index in [1.54, 1.807) is 19.1 Å². The smallest absolute Gasteiger partial charge is 0.408 e. The van der Waals surface area contributed by atoms with Crippen LogP contribution in [0.25, 0.3) is 0 Å². The van der Waals surface area contributed by atoms with Crippen LogP contribution in [0.1, 0.15) is 18.9 Å². The summed E-state index contributed by atoms with van der Waals surface area (Å²) in [6.45, 7) is 5.18. The van der Waals surface area contributed by atoms with Crippen molar-refractivity contribution in [2.75, 3.05) is 6.61 Å². The van der Waals surface area contributed by atoms with E-state index in [0.29, 0.717) is 0 Å². The molecule has 1 amide bonds. The number of nitrogens with one attached hydrogen (secondary N) is 1. The Hall–Kier alpha value is -2.63. The minimum absolute atomic E-state index is 0.0671. The molecule has 0 bridgehead atoms. The van der Waals surface area contributed by atoms with Crippen LogP contribution in [-0.2, 0) is 25.7 Å². The van der Waals surface area contributed by atoms with Crippen LogP contribution in [0.3, 0.4) is 0 Å². The van der Waals surface area contributed by atoms with Gasteiger partial charge in [0.05, 0.1) is 6.61 Å². The van der Waals surface area contributed by atoms with Crippen molar-refractivity contribution in [3.05, 3.63) is 48.6 Å². The number of carbonyl (C=O) groups is 3. The van der Waals surface area contributed by atoms with Gasteiger partial charge in [0, 0.05) is 6.42 Å². The average Bonchev–Trinajstić information content (AvgIpc) is 2.53. The topological polar surface area (TPSA) is 81.7 Å². The molecule has 6 nitrogen and oxygen atoms in total. The molecule has 0 spiro atoms. The largest absolute Gasteiger partial charge is 0.464 e. The fourth-order valence-electron chi connectivity index (χ4n) is 1.63. The van der Waals surface area contributed by atoms with Crippen LogP contribution in [0.4, 0.5) is 4.79 Å². The van der Waals surface area contributed by atoms with Crippen LogP contribution in [-0.4, -0.2) is 30.5 Å². The Morgan fingerprint density at radius 1 is 1.23 bits per heavy atom. The first-order valence-corrected chi connectivity index (χ1v) is 6.86. The van der Waals surface area contributed by atoms with E-state index < -0.39 is 18.1 Å². The van der Waals surface area contributed by atoms with Crippen LogP contribution in [0.5, 0.6) is 0 Å². The third kappa shape index (κ3) is 6.21. The Morgan fingerprint density at radius 3 is 2.50 bits per heavy atom. The van der Waals surface area contributed by atoms with Gasteiger partial charge in [0.25, 0.3) is 0 Å². The van der Waals surface area contributed by atoms with Gasteiger partial charge in [0.15, 0.2) is 5.78 Å². The molecule has 1 N–H and O–H groups in total. The number of allylic oxidation sites excluding steroid dienone is 1. The van der Waals surface area contributed by atoms with E-state index in [-0.39, 0.29) is 25.4 Å². The second kappa shape index (κ2) is 9.33. The molecule has 1 rings (SSSR count). The fourth-order valence-corrected chi connectivity index (χ4v) is 1.63. The zero-order chi connectivity index (χ0) is 16.4. The number of esters is 1. The molecule has 0 aliphatic carbocycles. The Labute approximate surface area is 129 Å². The van der Waals surface area contributed by atoms with E-state index in [1.165, 1.54) is 0 Å². The second-order valence-electron chi connectivity index (χ2n) is 4.39. The molecule has 118 valence electrons. The highest BCUT2D eigenvalue weighted by Crippen LogP contribution is 2.03. The molecule has 0 aliphatic heterocycles. The first kappa shape index (κ1) is 17.4. The summed E-state index contributed by atoms with van der Waals surface area (Å²) in [5.74, 6) is -1.06. The Bertz CT molecular complexity index is 527. The molecular weight excluding hydrogens is 286 g/mol. The SMILES string of the molecule is C=CC(=O)CC(NC(=O)OCc1ccccc1)C(=O)OCC. The maximum atomic E-state index is 11.7. The molecule has 0 aliphatic rings. The summed E-state index contributed by atoms with van der Waals surface area (Å²) in [5, 5.41) is 2.33. The molecule has 1 aromatic rings. The van der Waals surface area contributed by atoms with Crippen molar-refractivity contribution in [1.29, 1.82) is 0 Å². The number of benzene rings is 1. The predicted octanol–water partition coefficient (Wildman–Crippen LogP) is 1.99. The molecule has 0 fully saturated rings. The predicted molar refractivity (Wildman–Crippen MR) is 80.0 cm³/mol. The molecular formula is C16H19NO5. The molecule has 6 heteroatoms. The van der Waals surface area contributed by atoms with Gasteiger partial charge >= 0.3 is 12.1 Å². The highest BCUT2D eigenvalue weighted by atomic mass is 16.6. The van der Waals surface area contributed by atoms with Gasteiger partial charge in [-0.15, -0.1) is 0 Å². The number of hydrogen-bond acceptors (Lipinski definition) is 5. The normalized spacial score (nSPS) is 11.1. The van der Waals surface area contributed by atoms with E-state index in [0.717, 1.165) is 11.6 Å². The van der Waals surface area contributed by atoms with Crippen LogP contribution < -0.4 is 5.32 Å². The molecule has 0 saturated heterocycles. The summed E-state index contributed by atoms with van der Waals surface area (Å²) in [6.07, 6.45) is 0.0742. The molecule has 0 aromatic heterocycles. The van der Waals surface area contributed by atoms with Crippen LogP contribution in [0, 0.1) is 0 Å². The van der Waals surface area contributed by atoms with E-state index in [4.69, 9.17) is 9.47 Å². The van der Waals surface area contributed by atoms with Crippen molar-refractivity contribution in [1.82, 2.24) is 5.32 Å². The third-order valence-electron chi connectivity index (χ3n) is 2.71. The maximum Gasteiger partial charge on any atom is 0.408 e. The minimum Gasteiger partial charge on any atom is -0.464 e. The Balaban J connectivity index is 2.56. The lowest BCUT2D eigenvalue weighted by Gasteiger charge is -2.16. The monoisotopic (exact) mass is 305 g/mol. The van der Waals surface area contributed by atoms with Crippen molar-refractivity contribution >= 4 is 17.8 Å². The zero-order valence-corrected chi connectivity index (χ0v) is 12.4. The molecule has 1 aromatic carbocycles. The molecule has 1 unspecified atom stereocenters. The van der Waals surface area contributed by atoms with Gasteiger partial charge in [-0.3, -0.25) is 4.79 Å². The molecule has 1 atom stereocenters. The van der Waals surface area contributed by atoms with E-state index >= 15 is 0 Å². The highest BCUT2D eigenvalue weighted by Gasteiger charge is 2.24. The first-order chi connectivity index (χ1) is 10.6. The van der Waals surface area contributed by atoms with Crippen LogP contribution >= 0.6 is 0 Å². The van der Waals surface area contributed by atoms with E-state index in [1.807, 2.05) is 18.2 Å². The van der Waals surface area contributed by atoms with Gasteiger partial charge in [-0.2, -0.15) is 0 Å². The fraction of sp³-hybridized carbons (Fsp3) is 0.312. The summed E-state index contributed by atoms with van der Waals surface area (Å²) < 4.78 is 9.82. The number of rotatable bonds is 8. The zero-order valence-electron chi connectivity index (χ0n) is 12.4. The van der Waals surface area contributed by atoms with Gasteiger partial charge in [0.1, 0.15) is 12.6 Å². The Morgan fingerprint density at radius 2 is 1.91 bits per heavy atom. The standard InChI is InChI=1S/C16H19NO5/c1-3-13(18)10-14(15(19)21-4-2)17-16(20)22-11-12-8-6-5-7-9-12/h3,5-9,14H,1,4,10-11H2,2H3,(H,17,20). The molecule has 0 heterocycles. The quantitative estimate of drug-likeness (QED) is 0.587.